The van der Waals surface area contributed by atoms with Gasteiger partial charge in [0.1, 0.15) is 0 Å². The van der Waals surface area contributed by atoms with Gasteiger partial charge in [0.25, 0.3) is 0 Å². The third-order valence-electron chi connectivity index (χ3n) is 3.34. The quantitative estimate of drug-likeness (QED) is 0.636. The second-order valence-corrected chi connectivity index (χ2v) is 4.60. The van der Waals surface area contributed by atoms with Gasteiger partial charge < -0.3 is 10.1 Å². The maximum atomic E-state index is 5.59. The van der Waals surface area contributed by atoms with Gasteiger partial charge in [0.2, 0.25) is 0 Å². The summed E-state index contributed by atoms with van der Waals surface area (Å²) in [5.74, 6) is 0. The molecular weight excluding hydrogens is 174 g/mol. The lowest BCUT2D eigenvalue weighted by Crippen LogP contribution is -2.31. The van der Waals surface area contributed by atoms with Crippen molar-refractivity contribution in [2.75, 3.05) is 26.8 Å². The van der Waals surface area contributed by atoms with Crippen molar-refractivity contribution in [3.8, 4) is 0 Å². The van der Waals surface area contributed by atoms with Crippen LogP contribution in [-0.2, 0) is 4.74 Å². The van der Waals surface area contributed by atoms with E-state index < -0.39 is 0 Å². The predicted octanol–water partition coefficient (Wildman–Crippen LogP) is 2.58. The van der Waals surface area contributed by atoms with Crippen LogP contribution in [0.1, 0.15) is 45.4 Å². The Kier molecular flexibility index (Phi) is 5.49. The largest absolute Gasteiger partial charge is 0.381 e. The van der Waals surface area contributed by atoms with Crippen molar-refractivity contribution in [1.82, 2.24) is 5.32 Å². The summed E-state index contributed by atoms with van der Waals surface area (Å²) in [4.78, 5) is 0. The van der Waals surface area contributed by atoms with Crippen LogP contribution in [0.5, 0.6) is 0 Å². The molecule has 0 aromatic heterocycles. The fourth-order valence-electron chi connectivity index (χ4n) is 2.55. The zero-order valence-electron chi connectivity index (χ0n) is 9.77. The Balaban J connectivity index is 2.21. The molecule has 0 aromatic carbocycles. The van der Waals surface area contributed by atoms with Crippen molar-refractivity contribution in [2.24, 2.45) is 5.41 Å². The number of rotatable bonds is 7. The van der Waals surface area contributed by atoms with Crippen molar-refractivity contribution >= 4 is 0 Å². The molecule has 1 fully saturated rings. The van der Waals surface area contributed by atoms with E-state index in [1.165, 1.54) is 38.6 Å². The first-order valence-corrected chi connectivity index (χ1v) is 6.05. The Morgan fingerprint density at radius 1 is 1.21 bits per heavy atom. The highest BCUT2D eigenvalue weighted by molar-refractivity contribution is 4.86. The molecule has 0 spiro atoms. The average Bonchev–Trinajstić information content (AvgIpc) is 2.63. The normalized spacial score (nSPS) is 20.1. The van der Waals surface area contributed by atoms with Gasteiger partial charge in [0.15, 0.2) is 0 Å². The minimum atomic E-state index is 0.558. The summed E-state index contributed by atoms with van der Waals surface area (Å²) in [6.07, 6.45) is 7.99. The van der Waals surface area contributed by atoms with Crippen LogP contribution < -0.4 is 5.32 Å². The first-order valence-electron chi connectivity index (χ1n) is 6.05. The van der Waals surface area contributed by atoms with Crippen molar-refractivity contribution in [3.63, 3.8) is 0 Å². The Morgan fingerprint density at radius 3 is 2.50 bits per heavy atom. The third kappa shape index (κ3) is 3.58. The summed E-state index contributed by atoms with van der Waals surface area (Å²) in [5.41, 5.74) is 0.558. The Bertz CT molecular complexity index is 141. The Hall–Kier alpha value is -0.0800. The summed E-state index contributed by atoms with van der Waals surface area (Å²) in [7, 11) is 2.06. The van der Waals surface area contributed by atoms with E-state index in [-0.39, 0.29) is 0 Å². The summed E-state index contributed by atoms with van der Waals surface area (Å²) < 4.78 is 5.59. The molecule has 0 unspecified atom stereocenters. The minimum Gasteiger partial charge on any atom is -0.381 e. The lowest BCUT2D eigenvalue weighted by atomic mass is 9.83. The summed E-state index contributed by atoms with van der Waals surface area (Å²) in [5, 5.41) is 3.34. The summed E-state index contributed by atoms with van der Waals surface area (Å²) >= 11 is 0. The lowest BCUT2D eigenvalue weighted by molar-refractivity contribution is 0.0950. The number of hydrogen-bond acceptors (Lipinski definition) is 2. The van der Waals surface area contributed by atoms with E-state index >= 15 is 0 Å². The van der Waals surface area contributed by atoms with E-state index in [1.807, 2.05) is 0 Å². The zero-order chi connectivity index (χ0) is 10.3. The van der Waals surface area contributed by atoms with Gasteiger partial charge in [-0.3, -0.25) is 0 Å². The number of nitrogens with one attached hydrogen (secondary N) is 1. The zero-order valence-corrected chi connectivity index (χ0v) is 9.77. The third-order valence-corrected chi connectivity index (χ3v) is 3.34. The predicted molar refractivity (Wildman–Crippen MR) is 60.6 cm³/mol. The monoisotopic (exact) mass is 199 g/mol. The van der Waals surface area contributed by atoms with Gasteiger partial charge >= 0.3 is 0 Å². The lowest BCUT2D eigenvalue weighted by Gasteiger charge is -2.28. The van der Waals surface area contributed by atoms with E-state index in [9.17, 15) is 0 Å². The second-order valence-electron chi connectivity index (χ2n) is 4.60. The highest BCUT2D eigenvalue weighted by Crippen LogP contribution is 2.40. The van der Waals surface area contributed by atoms with Crippen LogP contribution in [0.15, 0.2) is 0 Å². The minimum absolute atomic E-state index is 0.558. The molecule has 1 aliphatic carbocycles. The van der Waals surface area contributed by atoms with Gasteiger partial charge in [0.05, 0.1) is 0 Å². The maximum absolute atomic E-state index is 5.59. The van der Waals surface area contributed by atoms with E-state index in [2.05, 4.69) is 19.3 Å². The van der Waals surface area contributed by atoms with Crippen LogP contribution >= 0.6 is 0 Å². The van der Waals surface area contributed by atoms with E-state index in [1.54, 1.807) is 0 Å². The van der Waals surface area contributed by atoms with Crippen LogP contribution in [0.3, 0.4) is 0 Å². The molecule has 14 heavy (non-hydrogen) atoms. The molecule has 0 aliphatic heterocycles. The molecule has 2 heteroatoms. The van der Waals surface area contributed by atoms with Gasteiger partial charge in [-0.25, -0.2) is 0 Å². The summed E-state index contributed by atoms with van der Waals surface area (Å²) in [6, 6.07) is 0. The van der Waals surface area contributed by atoms with Crippen LogP contribution in [0.4, 0.5) is 0 Å². The van der Waals surface area contributed by atoms with Crippen molar-refractivity contribution in [3.05, 3.63) is 0 Å². The van der Waals surface area contributed by atoms with Crippen molar-refractivity contribution in [1.29, 1.82) is 0 Å². The average molecular weight is 199 g/mol. The molecule has 1 saturated carbocycles. The van der Waals surface area contributed by atoms with Crippen LogP contribution in [0.25, 0.3) is 0 Å². The fourth-order valence-corrected chi connectivity index (χ4v) is 2.55. The molecule has 0 bridgehead atoms. The Labute approximate surface area is 88.4 Å². The molecule has 84 valence electrons. The van der Waals surface area contributed by atoms with Crippen LogP contribution in [0.2, 0.25) is 0 Å². The van der Waals surface area contributed by atoms with Gasteiger partial charge in [-0.15, -0.1) is 0 Å². The van der Waals surface area contributed by atoms with E-state index in [0.29, 0.717) is 5.41 Å². The first kappa shape index (κ1) is 12.0. The summed E-state index contributed by atoms with van der Waals surface area (Å²) in [6.45, 7) is 5.21. The molecule has 0 saturated heterocycles. The van der Waals surface area contributed by atoms with Crippen LogP contribution in [-0.4, -0.2) is 26.8 Å². The molecular formula is C12H25NO. The molecule has 1 aliphatic rings. The first-order chi connectivity index (χ1) is 6.83. The molecule has 1 N–H and O–H groups in total. The number of ether oxygens (including phenoxy) is 1. The van der Waals surface area contributed by atoms with Crippen molar-refractivity contribution in [2.45, 2.75) is 45.4 Å². The highest BCUT2D eigenvalue weighted by Gasteiger charge is 2.32. The fraction of sp³-hybridized carbons (Fsp3) is 1.00. The molecule has 0 heterocycles. The van der Waals surface area contributed by atoms with Crippen LogP contribution in [0, 0.1) is 5.41 Å². The van der Waals surface area contributed by atoms with Gasteiger partial charge in [-0.2, -0.15) is 0 Å². The van der Waals surface area contributed by atoms with Crippen molar-refractivity contribution < 1.29 is 4.74 Å². The second kappa shape index (κ2) is 6.41. The molecule has 0 radical (unpaired) electrons. The molecule has 2 nitrogen and oxygen atoms in total. The smallest absolute Gasteiger partial charge is 0.0471 e. The van der Waals surface area contributed by atoms with Gasteiger partial charge in [0, 0.05) is 19.8 Å². The van der Waals surface area contributed by atoms with Gasteiger partial charge in [-0.05, 0) is 38.1 Å². The van der Waals surface area contributed by atoms with E-state index in [0.717, 1.165) is 19.6 Å². The topological polar surface area (TPSA) is 21.3 Å². The SMILES string of the molecule is CCCOCCC1(CNC)CCCC1. The maximum Gasteiger partial charge on any atom is 0.0471 e. The molecule has 0 amide bonds. The van der Waals surface area contributed by atoms with Gasteiger partial charge in [-0.1, -0.05) is 19.8 Å². The standard InChI is InChI=1S/C12H25NO/c1-3-9-14-10-8-12(11-13-2)6-4-5-7-12/h13H,3-11H2,1-2H3. The molecule has 0 aromatic rings. The number of hydrogen-bond donors (Lipinski definition) is 1. The van der Waals surface area contributed by atoms with E-state index in [4.69, 9.17) is 4.74 Å². The Morgan fingerprint density at radius 2 is 1.93 bits per heavy atom. The highest BCUT2D eigenvalue weighted by atomic mass is 16.5. The molecule has 1 rings (SSSR count). The molecule has 0 atom stereocenters.